The van der Waals surface area contributed by atoms with Crippen LogP contribution < -0.4 is 0 Å². The van der Waals surface area contributed by atoms with Crippen LogP contribution in [0.4, 0.5) is 0 Å². The molecular weight excluding hydrogens is 184 g/mol. The highest BCUT2D eigenvalue weighted by Gasteiger charge is 2.20. The van der Waals surface area contributed by atoms with Crippen LogP contribution in [0, 0.1) is 11.3 Å². The van der Waals surface area contributed by atoms with Crippen LogP contribution in [0.5, 0.6) is 0 Å². The first kappa shape index (κ1) is 11.0. The smallest absolute Gasteiger partial charge is 0.218 e. The molecule has 0 bridgehead atoms. The van der Waals surface area contributed by atoms with Crippen LogP contribution in [-0.4, -0.2) is 24.8 Å². The van der Waals surface area contributed by atoms with Gasteiger partial charge < -0.3 is 4.52 Å². The molecule has 1 unspecified atom stereocenters. The molecule has 0 radical (unpaired) electrons. The van der Waals surface area contributed by atoms with Crippen molar-refractivity contribution in [2.45, 2.75) is 6.92 Å². The van der Waals surface area contributed by atoms with Gasteiger partial charge in [-0.05, 0) is 6.92 Å². The van der Waals surface area contributed by atoms with E-state index in [0.29, 0.717) is 6.61 Å². The Morgan fingerprint density at radius 2 is 2.36 bits per heavy atom. The second-order valence-electron chi connectivity index (χ2n) is 1.96. The molecule has 0 saturated carbocycles. The highest BCUT2D eigenvalue weighted by atomic mass is 35.5. The zero-order chi connectivity index (χ0) is 8.74. The van der Waals surface area contributed by atoms with Gasteiger partial charge in [0.15, 0.2) is 0 Å². The fourth-order valence-electron chi connectivity index (χ4n) is 0.661. The van der Waals surface area contributed by atoms with E-state index < -0.39 is 7.37 Å². The summed E-state index contributed by atoms with van der Waals surface area (Å²) in [6.07, 6.45) is 0.253. The topological polar surface area (TPSA) is 50.1 Å². The van der Waals surface area contributed by atoms with E-state index in [9.17, 15) is 4.57 Å². The van der Waals surface area contributed by atoms with Crippen molar-refractivity contribution in [3.63, 3.8) is 0 Å². The van der Waals surface area contributed by atoms with Gasteiger partial charge in [-0.2, -0.15) is 5.26 Å². The number of hydrogen-bond acceptors (Lipinski definition) is 3. The minimum atomic E-state index is -2.71. The Kier molecular flexibility index (Phi) is 5.58. The van der Waals surface area contributed by atoms with E-state index in [2.05, 4.69) is 0 Å². The number of hydrogen-bond donors (Lipinski definition) is 0. The third kappa shape index (κ3) is 4.42. The largest absolute Gasteiger partial charge is 0.328 e. The minimum Gasteiger partial charge on any atom is -0.328 e. The molecule has 0 aromatic carbocycles. The summed E-state index contributed by atoms with van der Waals surface area (Å²) in [6.45, 7) is 2.12. The third-order valence-corrected chi connectivity index (χ3v) is 3.81. The molecule has 3 nitrogen and oxygen atoms in total. The highest BCUT2D eigenvalue weighted by molar-refractivity contribution is 7.59. The average Bonchev–Trinajstić information content (AvgIpc) is 1.88. The van der Waals surface area contributed by atoms with Gasteiger partial charge >= 0.3 is 0 Å². The minimum absolute atomic E-state index is 0.0342. The normalized spacial score (nSPS) is 15.4. The quantitative estimate of drug-likeness (QED) is 0.498. The lowest BCUT2D eigenvalue weighted by Gasteiger charge is -2.12. The zero-order valence-electron chi connectivity index (χ0n) is 6.42. The monoisotopic (exact) mass is 195 g/mol. The van der Waals surface area contributed by atoms with Crippen LogP contribution in [0.2, 0.25) is 0 Å². The van der Waals surface area contributed by atoms with Crippen molar-refractivity contribution in [1.82, 2.24) is 0 Å². The van der Waals surface area contributed by atoms with Gasteiger partial charge in [-0.1, -0.05) is 0 Å². The fraction of sp³-hybridized carbons (Fsp3) is 0.833. The molecule has 0 fully saturated rings. The van der Waals surface area contributed by atoms with E-state index in [1.165, 1.54) is 0 Å². The average molecular weight is 196 g/mol. The molecule has 0 aromatic rings. The molecule has 0 aliphatic rings. The number of nitriles is 1. The van der Waals surface area contributed by atoms with Crippen LogP contribution in [0.25, 0.3) is 0 Å². The van der Waals surface area contributed by atoms with E-state index in [-0.39, 0.29) is 18.2 Å². The number of rotatable bonds is 5. The van der Waals surface area contributed by atoms with Gasteiger partial charge in [0.2, 0.25) is 7.37 Å². The lowest BCUT2D eigenvalue weighted by Crippen LogP contribution is -1.99. The fourth-order valence-corrected chi connectivity index (χ4v) is 2.76. The Hall–Kier alpha value is -0.0300. The van der Waals surface area contributed by atoms with Gasteiger partial charge in [0, 0.05) is 12.0 Å². The van der Waals surface area contributed by atoms with Gasteiger partial charge in [0.05, 0.1) is 12.7 Å². The predicted molar refractivity (Wildman–Crippen MR) is 45.3 cm³/mol. The number of halogens is 1. The first-order valence-electron chi connectivity index (χ1n) is 3.34. The summed E-state index contributed by atoms with van der Waals surface area (Å²) in [5.41, 5.74) is 0. The van der Waals surface area contributed by atoms with Crippen LogP contribution >= 0.6 is 19.0 Å². The molecule has 0 aliphatic heterocycles. The van der Waals surface area contributed by atoms with E-state index in [0.717, 1.165) is 0 Å². The molecule has 0 aliphatic carbocycles. The van der Waals surface area contributed by atoms with Crippen molar-refractivity contribution in [1.29, 1.82) is 5.26 Å². The summed E-state index contributed by atoms with van der Waals surface area (Å²) < 4.78 is 16.4. The van der Waals surface area contributed by atoms with E-state index in [1.54, 1.807) is 6.92 Å². The molecule has 5 heteroatoms. The van der Waals surface area contributed by atoms with Crippen molar-refractivity contribution in [3.05, 3.63) is 0 Å². The molecule has 0 spiro atoms. The van der Waals surface area contributed by atoms with Gasteiger partial charge in [0.25, 0.3) is 0 Å². The zero-order valence-corrected chi connectivity index (χ0v) is 8.07. The van der Waals surface area contributed by atoms with Crippen molar-refractivity contribution in [2.24, 2.45) is 0 Å². The summed E-state index contributed by atoms with van der Waals surface area (Å²) in [7, 11) is -2.71. The predicted octanol–water partition coefficient (Wildman–Crippen LogP) is 2.06. The molecule has 0 amide bonds. The summed E-state index contributed by atoms with van der Waals surface area (Å²) >= 11 is 5.40. The maximum atomic E-state index is 11.5. The Morgan fingerprint density at radius 3 is 2.73 bits per heavy atom. The number of nitrogens with zero attached hydrogens (tertiary/aromatic N) is 1. The Labute approximate surface area is 71.7 Å². The lowest BCUT2D eigenvalue weighted by molar-refractivity contribution is 0.336. The van der Waals surface area contributed by atoms with Crippen LogP contribution in [-0.2, 0) is 9.09 Å². The van der Waals surface area contributed by atoms with Crippen LogP contribution in [0.3, 0.4) is 0 Å². The summed E-state index contributed by atoms with van der Waals surface area (Å²) in [5, 5.41) is 8.31. The highest BCUT2D eigenvalue weighted by Crippen LogP contribution is 2.45. The second kappa shape index (κ2) is 5.60. The lowest BCUT2D eigenvalue weighted by atomic mass is 10.9. The van der Waals surface area contributed by atoms with E-state index >= 15 is 0 Å². The molecule has 0 saturated heterocycles. The Morgan fingerprint density at radius 1 is 1.73 bits per heavy atom. The first-order chi connectivity index (χ1) is 5.18. The molecule has 0 heterocycles. The summed E-state index contributed by atoms with van der Waals surface area (Å²) in [4.78, 5) is 0. The van der Waals surface area contributed by atoms with Crippen molar-refractivity contribution < 1.29 is 9.09 Å². The Bertz CT molecular complexity index is 180. The van der Waals surface area contributed by atoms with Crippen LogP contribution in [0.15, 0.2) is 0 Å². The number of alkyl halides is 1. The maximum absolute atomic E-state index is 11.5. The van der Waals surface area contributed by atoms with Crippen LogP contribution in [0.1, 0.15) is 6.92 Å². The van der Waals surface area contributed by atoms with Gasteiger partial charge in [-0.3, -0.25) is 4.57 Å². The SMILES string of the molecule is CCOP(=O)(CC#N)CCCl. The summed E-state index contributed by atoms with van der Waals surface area (Å²) in [5.74, 6) is 0.277. The molecule has 0 rings (SSSR count). The van der Waals surface area contributed by atoms with E-state index in [4.69, 9.17) is 21.4 Å². The van der Waals surface area contributed by atoms with E-state index in [1.807, 2.05) is 6.07 Å². The molecule has 11 heavy (non-hydrogen) atoms. The molecule has 1 atom stereocenters. The van der Waals surface area contributed by atoms with Gasteiger partial charge in [-0.15, -0.1) is 11.6 Å². The van der Waals surface area contributed by atoms with Crippen molar-refractivity contribution in [2.75, 3.05) is 24.8 Å². The Balaban J connectivity index is 4.04. The molecule has 0 aromatic heterocycles. The molecule has 0 N–H and O–H groups in total. The maximum Gasteiger partial charge on any atom is 0.218 e. The van der Waals surface area contributed by atoms with Gasteiger partial charge in [0.1, 0.15) is 6.16 Å². The van der Waals surface area contributed by atoms with Gasteiger partial charge in [-0.25, -0.2) is 0 Å². The standard InChI is InChI=1S/C6H11ClNO2P/c1-2-10-11(9,5-3-7)6-4-8/h2-3,5-6H2,1H3. The van der Waals surface area contributed by atoms with Crippen molar-refractivity contribution >= 4 is 19.0 Å². The molecule has 64 valence electrons. The first-order valence-corrected chi connectivity index (χ1v) is 5.87. The van der Waals surface area contributed by atoms with Crippen molar-refractivity contribution in [3.8, 4) is 6.07 Å². The third-order valence-electron chi connectivity index (χ3n) is 1.10. The summed E-state index contributed by atoms with van der Waals surface area (Å²) in [6, 6.07) is 1.83. The second-order valence-corrected chi connectivity index (χ2v) is 4.99. The molecular formula is C6H11ClNO2P.